The van der Waals surface area contributed by atoms with E-state index in [2.05, 4.69) is 22.1 Å². The van der Waals surface area contributed by atoms with E-state index in [9.17, 15) is 9.90 Å². The van der Waals surface area contributed by atoms with E-state index in [0.29, 0.717) is 35.8 Å². The Balaban J connectivity index is 1.46. The highest BCUT2D eigenvalue weighted by Crippen LogP contribution is 2.39. The van der Waals surface area contributed by atoms with Gasteiger partial charge in [-0.25, -0.2) is 14.2 Å². The van der Waals surface area contributed by atoms with Crippen LogP contribution in [-0.4, -0.2) is 66.8 Å². The van der Waals surface area contributed by atoms with E-state index < -0.39 is 5.82 Å². The number of aromatic nitrogens is 1. The number of carbonyl (C=O) groups excluding carboxylic acids is 1. The van der Waals surface area contributed by atoms with Gasteiger partial charge < -0.3 is 20.2 Å². The summed E-state index contributed by atoms with van der Waals surface area (Å²) in [5, 5.41) is 14.6. The molecule has 0 unspecified atom stereocenters. The number of likely N-dealkylation sites (N-methyl/N-ethyl adjacent to an activating group) is 1. The molecular weight excluding hydrogens is 433 g/mol. The van der Waals surface area contributed by atoms with Gasteiger partial charge in [0.15, 0.2) is 0 Å². The molecule has 176 valence electrons. The number of nitrogens with one attached hydrogen (secondary N) is 1. The summed E-state index contributed by atoms with van der Waals surface area (Å²) in [5.41, 5.74) is 2.83. The standard InChI is InChI=1S/C26H28FN5O2/c1-17-16-31(11-10-28-17)24-15-19(8-9-29-24)21-5-3-4-20(25(21)33)18-6-7-23(22(27)14-18)32-13-12-30(2)26(32)34/h3-9,14-15,17,28,33H,10-13,16H2,1-2H3/t17-/m1/s1. The zero-order valence-electron chi connectivity index (χ0n) is 19.3. The molecule has 7 nitrogen and oxygen atoms in total. The van der Waals surface area contributed by atoms with Gasteiger partial charge in [0, 0.05) is 63.1 Å². The molecule has 2 N–H and O–H groups in total. The number of benzene rings is 2. The van der Waals surface area contributed by atoms with Gasteiger partial charge in [0.2, 0.25) is 0 Å². The highest BCUT2D eigenvalue weighted by molar-refractivity contribution is 5.94. The largest absolute Gasteiger partial charge is 0.507 e. The van der Waals surface area contributed by atoms with Crippen LogP contribution in [0.2, 0.25) is 0 Å². The molecule has 0 radical (unpaired) electrons. The van der Waals surface area contributed by atoms with Crippen LogP contribution < -0.4 is 15.1 Å². The molecule has 2 saturated heterocycles. The number of phenols is 1. The summed E-state index contributed by atoms with van der Waals surface area (Å²) >= 11 is 0. The van der Waals surface area contributed by atoms with Crippen molar-refractivity contribution < 1.29 is 14.3 Å². The molecule has 3 heterocycles. The molecule has 0 spiro atoms. The van der Waals surface area contributed by atoms with Gasteiger partial charge in [-0.3, -0.25) is 4.90 Å². The topological polar surface area (TPSA) is 71.9 Å². The Hall–Kier alpha value is -3.65. The van der Waals surface area contributed by atoms with E-state index in [0.717, 1.165) is 31.0 Å². The number of aromatic hydroxyl groups is 1. The lowest BCUT2D eigenvalue weighted by molar-refractivity contribution is 0.229. The van der Waals surface area contributed by atoms with Crippen molar-refractivity contribution in [3.8, 4) is 28.0 Å². The Kier molecular flexibility index (Phi) is 5.83. The van der Waals surface area contributed by atoms with Crippen LogP contribution in [0.5, 0.6) is 5.75 Å². The monoisotopic (exact) mass is 461 g/mol. The number of rotatable bonds is 4. The third-order valence-corrected chi connectivity index (χ3v) is 6.55. The van der Waals surface area contributed by atoms with Crippen molar-refractivity contribution >= 4 is 17.5 Å². The van der Waals surface area contributed by atoms with Gasteiger partial charge in [-0.2, -0.15) is 0 Å². The van der Waals surface area contributed by atoms with Crippen molar-refractivity contribution in [3.63, 3.8) is 0 Å². The second-order valence-electron chi connectivity index (χ2n) is 8.93. The number of halogens is 1. The maximum absolute atomic E-state index is 15.0. The molecule has 2 aromatic carbocycles. The first-order chi connectivity index (χ1) is 16.4. The van der Waals surface area contributed by atoms with Gasteiger partial charge in [-0.1, -0.05) is 24.3 Å². The Bertz CT molecular complexity index is 1230. The fraction of sp³-hybridized carbons (Fsp3) is 0.308. The molecule has 2 fully saturated rings. The average Bonchev–Trinajstić information content (AvgIpc) is 3.17. The van der Waals surface area contributed by atoms with Crippen LogP contribution >= 0.6 is 0 Å². The Labute approximate surface area is 198 Å². The molecule has 34 heavy (non-hydrogen) atoms. The number of anilines is 2. The van der Waals surface area contributed by atoms with E-state index in [4.69, 9.17) is 0 Å². The molecule has 8 heteroatoms. The predicted octanol–water partition coefficient (Wildman–Crippen LogP) is 3.93. The third kappa shape index (κ3) is 4.05. The quantitative estimate of drug-likeness (QED) is 0.616. The summed E-state index contributed by atoms with van der Waals surface area (Å²) < 4.78 is 15.0. The number of amides is 2. The zero-order valence-corrected chi connectivity index (χ0v) is 19.3. The first-order valence-electron chi connectivity index (χ1n) is 11.5. The predicted molar refractivity (Wildman–Crippen MR) is 132 cm³/mol. The molecule has 2 aliphatic heterocycles. The molecule has 2 aliphatic rings. The summed E-state index contributed by atoms with van der Waals surface area (Å²) in [7, 11) is 1.70. The van der Waals surface area contributed by atoms with Gasteiger partial charge in [0.05, 0.1) is 5.69 Å². The van der Waals surface area contributed by atoms with E-state index in [1.165, 1.54) is 11.0 Å². The molecule has 0 bridgehead atoms. The molecule has 0 saturated carbocycles. The van der Waals surface area contributed by atoms with Crippen molar-refractivity contribution in [1.82, 2.24) is 15.2 Å². The Morgan fingerprint density at radius 3 is 2.50 bits per heavy atom. The van der Waals surface area contributed by atoms with Crippen LogP contribution in [0, 0.1) is 5.82 Å². The lowest BCUT2D eigenvalue weighted by Gasteiger charge is -2.32. The smallest absolute Gasteiger partial charge is 0.324 e. The minimum atomic E-state index is -0.495. The summed E-state index contributed by atoms with van der Waals surface area (Å²) in [6, 6.07) is 14.2. The maximum Gasteiger partial charge on any atom is 0.324 e. The zero-order chi connectivity index (χ0) is 23.8. The van der Waals surface area contributed by atoms with E-state index in [-0.39, 0.29) is 17.5 Å². The number of hydrogen-bond donors (Lipinski definition) is 2. The van der Waals surface area contributed by atoms with Gasteiger partial charge in [0.25, 0.3) is 0 Å². The summed E-state index contributed by atoms with van der Waals surface area (Å²) in [6.07, 6.45) is 1.75. The minimum absolute atomic E-state index is 0.0810. The van der Waals surface area contributed by atoms with Crippen molar-refractivity contribution in [2.75, 3.05) is 49.6 Å². The lowest BCUT2D eigenvalue weighted by Crippen LogP contribution is -2.49. The first-order valence-corrected chi connectivity index (χ1v) is 11.5. The van der Waals surface area contributed by atoms with Crippen LogP contribution in [0.4, 0.5) is 20.7 Å². The van der Waals surface area contributed by atoms with E-state index in [1.807, 2.05) is 24.3 Å². The van der Waals surface area contributed by atoms with Crippen molar-refractivity contribution in [3.05, 3.63) is 60.5 Å². The number of piperazine rings is 1. The van der Waals surface area contributed by atoms with E-state index >= 15 is 4.39 Å². The molecule has 5 rings (SSSR count). The van der Waals surface area contributed by atoms with E-state index in [1.54, 1.807) is 36.3 Å². The minimum Gasteiger partial charge on any atom is -0.507 e. The van der Waals surface area contributed by atoms with Crippen molar-refractivity contribution in [2.45, 2.75) is 13.0 Å². The van der Waals surface area contributed by atoms with Crippen molar-refractivity contribution in [1.29, 1.82) is 0 Å². The fourth-order valence-electron chi connectivity index (χ4n) is 4.67. The Morgan fingerprint density at radius 2 is 1.82 bits per heavy atom. The van der Waals surface area contributed by atoms with Gasteiger partial charge in [0.1, 0.15) is 17.4 Å². The number of urea groups is 1. The number of para-hydroxylation sites is 1. The van der Waals surface area contributed by atoms with Gasteiger partial charge in [-0.05, 0) is 42.3 Å². The Morgan fingerprint density at radius 1 is 1.06 bits per heavy atom. The van der Waals surface area contributed by atoms with Crippen molar-refractivity contribution in [2.24, 2.45) is 0 Å². The fourth-order valence-corrected chi connectivity index (χ4v) is 4.67. The second-order valence-corrected chi connectivity index (χ2v) is 8.93. The van der Waals surface area contributed by atoms with Gasteiger partial charge in [-0.15, -0.1) is 0 Å². The lowest BCUT2D eigenvalue weighted by atomic mass is 9.97. The van der Waals surface area contributed by atoms with Gasteiger partial charge >= 0.3 is 6.03 Å². The molecule has 0 aliphatic carbocycles. The van der Waals surface area contributed by atoms with Crippen LogP contribution in [0.3, 0.4) is 0 Å². The summed E-state index contributed by atoms with van der Waals surface area (Å²) in [5.74, 6) is 0.453. The highest BCUT2D eigenvalue weighted by atomic mass is 19.1. The van der Waals surface area contributed by atoms with Crippen LogP contribution in [0.15, 0.2) is 54.7 Å². The molecule has 2 amide bonds. The van der Waals surface area contributed by atoms with Crippen LogP contribution in [0.25, 0.3) is 22.3 Å². The number of hydrogen-bond acceptors (Lipinski definition) is 5. The third-order valence-electron chi connectivity index (χ3n) is 6.55. The summed E-state index contributed by atoms with van der Waals surface area (Å²) in [4.78, 5) is 22.0. The van der Waals surface area contributed by atoms with Crippen LogP contribution in [0.1, 0.15) is 6.92 Å². The second kappa shape index (κ2) is 8.95. The maximum atomic E-state index is 15.0. The average molecular weight is 462 g/mol. The normalized spacial score (nSPS) is 18.6. The number of nitrogens with zero attached hydrogens (tertiary/aromatic N) is 4. The molecule has 3 aromatic rings. The number of carbonyl (C=O) groups is 1. The summed E-state index contributed by atoms with van der Waals surface area (Å²) in [6.45, 7) is 5.78. The SMILES string of the molecule is C[C@@H]1CN(c2cc(-c3cccc(-c4ccc(N5CCN(C)C5=O)c(F)c4)c3O)ccn2)CCN1. The number of pyridine rings is 1. The number of phenolic OH excluding ortho intramolecular Hbond substituents is 1. The molecular formula is C26H28FN5O2. The molecule has 1 aromatic heterocycles. The van der Waals surface area contributed by atoms with Crippen LogP contribution in [-0.2, 0) is 0 Å². The first kappa shape index (κ1) is 22.2. The molecule has 1 atom stereocenters. The highest BCUT2D eigenvalue weighted by Gasteiger charge is 2.28.